The lowest BCUT2D eigenvalue weighted by atomic mass is 10.1. The Morgan fingerprint density at radius 3 is 2.67 bits per heavy atom. The van der Waals surface area contributed by atoms with Crippen molar-refractivity contribution < 1.29 is 9.84 Å². The molecule has 0 aliphatic rings. The molecule has 1 heterocycles. The van der Waals surface area contributed by atoms with Crippen LogP contribution in [0.5, 0.6) is 5.75 Å². The average Bonchev–Trinajstić information content (AvgIpc) is 2.52. The van der Waals surface area contributed by atoms with Gasteiger partial charge in [0.2, 0.25) is 0 Å². The van der Waals surface area contributed by atoms with Crippen LogP contribution in [0.25, 0.3) is 0 Å². The summed E-state index contributed by atoms with van der Waals surface area (Å²) in [5, 5.41) is 18.1. The minimum absolute atomic E-state index is 0.276. The summed E-state index contributed by atoms with van der Waals surface area (Å²) in [6.45, 7) is 2.20. The van der Waals surface area contributed by atoms with Crippen LogP contribution in [0.1, 0.15) is 30.2 Å². The molecule has 2 aromatic rings. The Morgan fingerprint density at radius 1 is 1.24 bits per heavy atom. The first-order valence-electron chi connectivity index (χ1n) is 6.92. The highest BCUT2D eigenvalue weighted by molar-refractivity contribution is 5.29. The molecule has 0 saturated carbocycles. The number of benzene rings is 1. The molecule has 4 nitrogen and oxygen atoms in total. The van der Waals surface area contributed by atoms with E-state index in [-0.39, 0.29) is 6.10 Å². The van der Waals surface area contributed by atoms with Crippen molar-refractivity contribution in [3.05, 3.63) is 59.4 Å². The van der Waals surface area contributed by atoms with E-state index < -0.39 is 0 Å². The van der Waals surface area contributed by atoms with Gasteiger partial charge in [-0.25, -0.2) is 4.98 Å². The highest BCUT2D eigenvalue weighted by Crippen LogP contribution is 2.15. The molecule has 4 heteroatoms. The van der Waals surface area contributed by atoms with E-state index >= 15 is 0 Å². The fraction of sp³-hybridized carbons (Fsp3) is 0.294. The van der Waals surface area contributed by atoms with Gasteiger partial charge in [-0.3, -0.25) is 0 Å². The first-order valence-corrected chi connectivity index (χ1v) is 6.92. The van der Waals surface area contributed by atoms with E-state index in [2.05, 4.69) is 4.98 Å². The number of hydrogen-bond acceptors (Lipinski definition) is 4. The van der Waals surface area contributed by atoms with Crippen LogP contribution in [0.15, 0.2) is 42.6 Å². The topological polar surface area (TPSA) is 66.1 Å². The van der Waals surface area contributed by atoms with Gasteiger partial charge in [0, 0.05) is 6.20 Å². The van der Waals surface area contributed by atoms with E-state index in [0.717, 1.165) is 24.2 Å². The standard InChI is InChI=1S/C17H18N2O2/c1-13(20)2-3-14-4-6-17(7-5-14)21-12-15-8-9-19-16(10-15)11-18/h4-10,13,20H,2-3,12H2,1H3. The van der Waals surface area contributed by atoms with E-state index in [1.165, 1.54) is 5.56 Å². The second-order valence-corrected chi connectivity index (χ2v) is 4.98. The highest BCUT2D eigenvalue weighted by atomic mass is 16.5. The van der Waals surface area contributed by atoms with Crippen LogP contribution < -0.4 is 4.74 Å². The van der Waals surface area contributed by atoms with Crippen LogP contribution in [0.4, 0.5) is 0 Å². The summed E-state index contributed by atoms with van der Waals surface area (Å²) in [6, 6.07) is 13.4. The molecule has 0 spiro atoms. The monoisotopic (exact) mass is 282 g/mol. The zero-order chi connectivity index (χ0) is 15.1. The molecule has 1 N–H and O–H groups in total. The van der Waals surface area contributed by atoms with E-state index in [9.17, 15) is 5.11 Å². The van der Waals surface area contributed by atoms with Gasteiger partial charge in [-0.05, 0) is 55.2 Å². The zero-order valence-corrected chi connectivity index (χ0v) is 12.0. The fourth-order valence-corrected chi connectivity index (χ4v) is 1.92. The Hall–Kier alpha value is -2.38. The molecule has 108 valence electrons. The summed E-state index contributed by atoms with van der Waals surface area (Å²) < 4.78 is 5.69. The molecule has 1 unspecified atom stereocenters. The molecule has 21 heavy (non-hydrogen) atoms. The molecule has 0 radical (unpaired) electrons. The third-order valence-electron chi connectivity index (χ3n) is 3.12. The lowest BCUT2D eigenvalue weighted by molar-refractivity contribution is 0.185. The van der Waals surface area contributed by atoms with E-state index in [4.69, 9.17) is 10.00 Å². The lowest BCUT2D eigenvalue weighted by Crippen LogP contribution is -2.01. The lowest BCUT2D eigenvalue weighted by Gasteiger charge is -2.08. The number of rotatable bonds is 6. The van der Waals surface area contributed by atoms with Gasteiger partial charge in [0.25, 0.3) is 0 Å². The number of aliphatic hydroxyl groups is 1. The summed E-state index contributed by atoms with van der Waals surface area (Å²) in [7, 11) is 0. The molecule has 1 aromatic carbocycles. The van der Waals surface area contributed by atoms with Gasteiger partial charge in [-0.2, -0.15) is 5.26 Å². The summed E-state index contributed by atoms with van der Waals surface area (Å²) >= 11 is 0. The molecule has 0 bridgehead atoms. The third kappa shape index (κ3) is 4.90. The quantitative estimate of drug-likeness (QED) is 0.884. The predicted molar refractivity (Wildman–Crippen MR) is 79.7 cm³/mol. The van der Waals surface area contributed by atoms with Crippen molar-refractivity contribution in [1.82, 2.24) is 4.98 Å². The third-order valence-corrected chi connectivity index (χ3v) is 3.12. The van der Waals surface area contributed by atoms with Crippen molar-refractivity contribution in [2.24, 2.45) is 0 Å². The minimum Gasteiger partial charge on any atom is -0.489 e. The maximum atomic E-state index is 9.27. The Morgan fingerprint density at radius 2 is 2.00 bits per heavy atom. The minimum atomic E-state index is -0.276. The van der Waals surface area contributed by atoms with Gasteiger partial charge in [0.1, 0.15) is 24.1 Å². The molecule has 1 atom stereocenters. The molecule has 0 aliphatic heterocycles. The summed E-state index contributed by atoms with van der Waals surface area (Å²) in [5.41, 5.74) is 2.49. The summed E-state index contributed by atoms with van der Waals surface area (Å²) in [4.78, 5) is 3.92. The number of pyridine rings is 1. The Kier molecular flexibility index (Phi) is 5.30. The molecule has 0 aliphatic carbocycles. The van der Waals surface area contributed by atoms with Crippen LogP contribution in [0, 0.1) is 11.3 Å². The van der Waals surface area contributed by atoms with E-state index in [1.54, 1.807) is 19.2 Å². The van der Waals surface area contributed by atoms with Gasteiger partial charge >= 0.3 is 0 Å². The van der Waals surface area contributed by atoms with Crippen LogP contribution in [0.2, 0.25) is 0 Å². The number of ether oxygens (including phenoxy) is 1. The van der Waals surface area contributed by atoms with Crippen molar-refractivity contribution >= 4 is 0 Å². The van der Waals surface area contributed by atoms with Gasteiger partial charge in [-0.1, -0.05) is 12.1 Å². The van der Waals surface area contributed by atoms with Crippen LogP contribution in [-0.2, 0) is 13.0 Å². The number of nitrogens with zero attached hydrogens (tertiary/aromatic N) is 2. The normalized spacial score (nSPS) is 11.7. The molecule has 0 fully saturated rings. The average molecular weight is 282 g/mol. The first-order chi connectivity index (χ1) is 10.2. The van der Waals surface area contributed by atoms with Crippen molar-refractivity contribution in [3.63, 3.8) is 0 Å². The zero-order valence-electron chi connectivity index (χ0n) is 12.0. The van der Waals surface area contributed by atoms with Gasteiger partial charge in [0.05, 0.1) is 6.10 Å². The highest BCUT2D eigenvalue weighted by Gasteiger charge is 2.01. The number of aromatic nitrogens is 1. The number of aliphatic hydroxyl groups excluding tert-OH is 1. The Bertz CT molecular complexity index is 615. The van der Waals surface area contributed by atoms with Gasteiger partial charge in [0.15, 0.2) is 0 Å². The van der Waals surface area contributed by atoms with Gasteiger partial charge in [-0.15, -0.1) is 0 Å². The van der Waals surface area contributed by atoms with Crippen LogP contribution >= 0.6 is 0 Å². The number of hydrogen-bond donors (Lipinski definition) is 1. The van der Waals surface area contributed by atoms with E-state index in [1.807, 2.05) is 36.4 Å². The Balaban J connectivity index is 1.90. The Labute approximate surface area is 124 Å². The molecular formula is C17H18N2O2. The molecule has 2 rings (SSSR count). The first kappa shape index (κ1) is 15.0. The van der Waals surface area contributed by atoms with Crippen molar-refractivity contribution in [2.45, 2.75) is 32.5 Å². The molecule has 0 saturated heterocycles. The molecular weight excluding hydrogens is 264 g/mol. The van der Waals surface area contributed by atoms with Crippen molar-refractivity contribution in [1.29, 1.82) is 5.26 Å². The summed E-state index contributed by atoms with van der Waals surface area (Å²) in [6.07, 6.45) is 2.94. The molecule has 0 amide bonds. The van der Waals surface area contributed by atoms with Crippen molar-refractivity contribution in [3.8, 4) is 11.8 Å². The fourth-order valence-electron chi connectivity index (χ4n) is 1.92. The number of aryl methyl sites for hydroxylation is 1. The number of nitriles is 1. The van der Waals surface area contributed by atoms with Crippen molar-refractivity contribution in [2.75, 3.05) is 0 Å². The smallest absolute Gasteiger partial charge is 0.140 e. The van der Waals surface area contributed by atoms with E-state index in [0.29, 0.717) is 12.3 Å². The second kappa shape index (κ2) is 7.41. The summed E-state index contributed by atoms with van der Waals surface area (Å²) in [5.74, 6) is 0.783. The SMILES string of the molecule is CC(O)CCc1ccc(OCc2ccnc(C#N)c2)cc1. The maximum absolute atomic E-state index is 9.27. The van der Waals surface area contributed by atoms with Crippen LogP contribution in [0.3, 0.4) is 0 Å². The second-order valence-electron chi connectivity index (χ2n) is 4.98. The van der Waals surface area contributed by atoms with Crippen LogP contribution in [-0.4, -0.2) is 16.2 Å². The predicted octanol–water partition coefficient (Wildman–Crippen LogP) is 2.85. The maximum Gasteiger partial charge on any atom is 0.140 e. The van der Waals surface area contributed by atoms with Gasteiger partial charge < -0.3 is 9.84 Å². The molecule has 1 aromatic heterocycles. The largest absolute Gasteiger partial charge is 0.489 e.